The molecule has 0 aliphatic carbocycles. The standard InChI is InChI=1S/C15H14FN3O2/c1-2-10(5-3-4-8-16)14-12-9-11(15(20)19-21)6-7-13(12)17-18-14/h2-10,21H,1H2,(H,17,18)(H,19,20)/b5-3?,8-4+. The Kier molecular flexibility index (Phi) is 4.63. The van der Waals surface area contributed by atoms with E-state index in [1.807, 2.05) is 0 Å². The zero-order valence-electron chi connectivity index (χ0n) is 11.1. The van der Waals surface area contributed by atoms with E-state index in [2.05, 4.69) is 16.8 Å². The summed E-state index contributed by atoms with van der Waals surface area (Å²) >= 11 is 0. The van der Waals surface area contributed by atoms with Crippen molar-refractivity contribution in [2.45, 2.75) is 5.92 Å². The predicted molar refractivity (Wildman–Crippen MR) is 77.7 cm³/mol. The summed E-state index contributed by atoms with van der Waals surface area (Å²) in [6.07, 6.45) is 6.68. The van der Waals surface area contributed by atoms with Crippen molar-refractivity contribution in [2.24, 2.45) is 0 Å². The molecule has 1 amide bonds. The molecular formula is C15H14FN3O2. The fourth-order valence-corrected chi connectivity index (χ4v) is 2.01. The van der Waals surface area contributed by atoms with E-state index in [0.717, 1.165) is 11.1 Å². The number of carbonyl (C=O) groups is 1. The summed E-state index contributed by atoms with van der Waals surface area (Å²) in [4.78, 5) is 11.5. The number of benzene rings is 1. The van der Waals surface area contributed by atoms with Crippen LogP contribution < -0.4 is 5.48 Å². The molecule has 6 heteroatoms. The molecule has 1 aromatic heterocycles. The fraction of sp³-hybridized carbons (Fsp3) is 0.0667. The van der Waals surface area contributed by atoms with Crippen molar-refractivity contribution in [3.8, 4) is 0 Å². The van der Waals surface area contributed by atoms with Crippen LogP contribution in [0.25, 0.3) is 10.9 Å². The molecule has 2 aromatic rings. The molecule has 1 aromatic carbocycles. The average molecular weight is 287 g/mol. The van der Waals surface area contributed by atoms with Gasteiger partial charge in [0.1, 0.15) is 0 Å². The van der Waals surface area contributed by atoms with Crippen LogP contribution in [0.5, 0.6) is 0 Å². The number of hydroxylamine groups is 1. The first-order valence-corrected chi connectivity index (χ1v) is 6.19. The van der Waals surface area contributed by atoms with Crippen LogP contribution in [-0.2, 0) is 0 Å². The van der Waals surface area contributed by atoms with Crippen LogP contribution in [-0.4, -0.2) is 21.3 Å². The number of fused-ring (bicyclic) bond motifs is 1. The van der Waals surface area contributed by atoms with Gasteiger partial charge in [-0.2, -0.15) is 5.10 Å². The zero-order chi connectivity index (χ0) is 15.2. The highest BCUT2D eigenvalue weighted by Gasteiger charge is 2.14. The van der Waals surface area contributed by atoms with Gasteiger partial charge in [0.2, 0.25) is 0 Å². The summed E-state index contributed by atoms with van der Waals surface area (Å²) in [6.45, 7) is 3.74. The third-order valence-corrected chi connectivity index (χ3v) is 3.04. The van der Waals surface area contributed by atoms with E-state index in [-0.39, 0.29) is 5.92 Å². The number of allylic oxidation sites excluding steroid dienone is 4. The third kappa shape index (κ3) is 3.06. The molecule has 0 aliphatic rings. The van der Waals surface area contributed by atoms with Crippen molar-refractivity contribution in [3.63, 3.8) is 0 Å². The molecule has 0 radical (unpaired) electrons. The minimum Gasteiger partial charge on any atom is -0.288 e. The Bertz CT molecular complexity index is 719. The van der Waals surface area contributed by atoms with Crippen LogP contribution in [0.4, 0.5) is 4.39 Å². The molecule has 0 spiro atoms. The van der Waals surface area contributed by atoms with E-state index in [4.69, 9.17) is 5.21 Å². The molecule has 21 heavy (non-hydrogen) atoms. The van der Waals surface area contributed by atoms with Gasteiger partial charge in [-0.25, -0.2) is 9.87 Å². The molecule has 1 heterocycles. The molecule has 1 unspecified atom stereocenters. The SMILES string of the molecule is C=CC(C=C/C=C/F)c1[nH]nc2ccc(C(=O)NO)cc12. The number of nitrogens with one attached hydrogen (secondary N) is 2. The van der Waals surface area contributed by atoms with E-state index in [1.165, 1.54) is 6.08 Å². The van der Waals surface area contributed by atoms with Gasteiger partial charge in [-0.05, 0) is 24.3 Å². The first-order valence-electron chi connectivity index (χ1n) is 6.19. The lowest BCUT2D eigenvalue weighted by Crippen LogP contribution is -2.18. The van der Waals surface area contributed by atoms with Crippen LogP contribution >= 0.6 is 0 Å². The van der Waals surface area contributed by atoms with E-state index >= 15 is 0 Å². The second kappa shape index (κ2) is 6.62. The molecule has 0 saturated carbocycles. The Labute approximate surface area is 120 Å². The second-order valence-corrected chi connectivity index (χ2v) is 4.27. The van der Waals surface area contributed by atoms with Gasteiger partial charge in [0.25, 0.3) is 5.91 Å². The number of halogens is 1. The van der Waals surface area contributed by atoms with E-state index < -0.39 is 5.91 Å². The minimum atomic E-state index is -0.602. The van der Waals surface area contributed by atoms with E-state index in [0.29, 0.717) is 17.4 Å². The van der Waals surface area contributed by atoms with Gasteiger partial charge in [-0.3, -0.25) is 15.1 Å². The highest BCUT2D eigenvalue weighted by atomic mass is 19.1. The molecule has 0 fully saturated rings. The molecule has 2 rings (SSSR count). The van der Waals surface area contributed by atoms with Gasteiger partial charge < -0.3 is 0 Å². The highest BCUT2D eigenvalue weighted by molar-refractivity contribution is 5.98. The van der Waals surface area contributed by atoms with Crippen molar-refractivity contribution in [1.82, 2.24) is 15.7 Å². The maximum Gasteiger partial charge on any atom is 0.274 e. The van der Waals surface area contributed by atoms with Crippen molar-refractivity contribution in [1.29, 1.82) is 0 Å². The number of aromatic nitrogens is 2. The maximum atomic E-state index is 12.0. The van der Waals surface area contributed by atoms with Gasteiger partial charge in [0.15, 0.2) is 0 Å². The van der Waals surface area contributed by atoms with Crippen molar-refractivity contribution >= 4 is 16.8 Å². The van der Waals surface area contributed by atoms with Gasteiger partial charge in [-0.1, -0.05) is 18.2 Å². The number of hydrogen-bond acceptors (Lipinski definition) is 3. The van der Waals surface area contributed by atoms with E-state index in [1.54, 1.807) is 41.9 Å². The average Bonchev–Trinajstić information content (AvgIpc) is 2.94. The summed E-state index contributed by atoms with van der Waals surface area (Å²) in [5.41, 5.74) is 3.31. The highest BCUT2D eigenvalue weighted by Crippen LogP contribution is 2.26. The monoisotopic (exact) mass is 287 g/mol. The number of nitrogens with zero attached hydrogens (tertiary/aromatic N) is 1. The number of rotatable bonds is 5. The van der Waals surface area contributed by atoms with E-state index in [9.17, 15) is 9.18 Å². The molecule has 0 saturated heterocycles. The van der Waals surface area contributed by atoms with Crippen LogP contribution in [0.3, 0.4) is 0 Å². The topological polar surface area (TPSA) is 78.0 Å². The Morgan fingerprint density at radius 1 is 1.48 bits per heavy atom. The summed E-state index contributed by atoms with van der Waals surface area (Å²) in [5.74, 6) is -0.811. The molecule has 3 N–H and O–H groups in total. The molecule has 1 atom stereocenters. The van der Waals surface area contributed by atoms with Crippen LogP contribution in [0.15, 0.2) is 55.4 Å². The predicted octanol–water partition coefficient (Wildman–Crippen LogP) is 2.99. The maximum absolute atomic E-state index is 12.0. The fourth-order valence-electron chi connectivity index (χ4n) is 2.01. The van der Waals surface area contributed by atoms with Crippen LogP contribution in [0.1, 0.15) is 22.0 Å². The number of carbonyl (C=O) groups excluding carboxylic acids is 1. The largest absolute Gasteiger partial charge is 0.288 e. The second-order valence-electron chi connectivity index (χ2n) is 4.27. The summed E-state index contributed by atoms with van der Waals surface area (Å²) < 4.78 is 12.0. The Morgan fingerprint density at radius 3 is 2.95 bits per heavy atom. The smallest absolute Gasteiger partial charge is 0.274 e. The first kappa shape index (κ1) is 14.7. The molecule has 108 valence electrons. The number of hydrogen-bond donors (Lipinski definition) is 3. The quantitative estimate of drug-likeness (QED) is 0.342. The van der Waals surface area contributed by atoms with Crippen molar-refractivity contribution in [3.05, 3.63) is 66.7 Å². The van der Waals surface area contributed by atoms with Crippen molar-refractivity contribution in [2.75, 3.05) is 0 Å². The zero-order valence-corrected chi connectivity index (χ0v) is 11.1. The van der Waals surface area contributed by atoms with Gasteiger partial charge >= 0.3 is 0 Å². The van der Waals surface area contributed by atoms with Crippen LogP contribution in [0, 0.1) is 0 Å². The van der Waals surface area contributed by atoms with Gasteiger partial charge in [0.05, 0.1) is 17.5 Å². The number of H-pyrrole nitrogens is 1. The summed E-state index contributed by atoms with van der Waals surface area (Å²) in [5, 5.41) is 16.5. The lowest BCUT2D eigenvalue weighted by Gasteiger charge is -2.05. The van der Waals surface area contributed by atoms with Gasteiger partial charge in [-0.15, -0.1) is 6.58 Å². The van der Waals surface area contributed by atoms with Crippen molar-refractivity contribution < 1.29 is 14.4 Å². The lowest BCUT2D eigenvalue weighted by atomic mass is 10.00. The summed E-state index contributed by atoms with van der Waals surface area (Å²) in [7, 11) is 0. The number of aromatic amines is 1. The molecule has 0 bridgehead atoms. The van der Waals surface area contributed by atoms with Gasteiger partial charge in [0, 0.05) is 16.9 Å². The molecular weight excluding hydrogens is 273 g/mol. The third-order valence-electron chi connectivity index (χ3n) is 3.04. The Hall–Kier alpha value is -2.73. The minimum absolute atomic E-state index is 0.210. The summed E-state index contributed by atoms with van der Waals surface area (Å²) in [6, 6.07) is 4.85. The number of amides is 1. The molecule has 0 aliphatic heterocycles. The molecule has 5 nitrogen and oxygen atoms in total. The first-order chi connectivity index (χ1) is 10.2. The van der Waals surface area contributed by atoms with Crippen LogP contribution in [0.2, 0.25) is 0 Å². The normalized spacial score (nSPS) is 13.0. The lowest BCUT2D eigenvalue weighted by molar-refractivity contribution is 0.0706. The Balaban J connectivity index is 2.47. The Morgan fingerprint density at radius 2 is 2.29 bits per heavy atom.